The number of aromatic nitrogens is 3. The van der Waals surface area contributed by atoms with Gasteiger partial charge in [0.05, 0.1) is 0 Å². The highest BCUT2D eigenvalue weighted by atomic mass is 15.1. The van der Waals surface area contributed by atoms with Crippen molar-refractivity contribution in [1.29, 1.82) is 0 Å². The lowest BCUT2D eigenvalue weighted by Gasteiger charge is -2.24. The Morgan fingerprint density at radius 1 is 1.39 bits per heavy atom. The minimum absolute atomic E-state index is 0.246. The average molecular weight is 246 g/mol. The molecule has 0 aliphatic carbocycles. The van der Waals surface area contributed by atoms with Gasteiger partial charge in [-0.05, 0) is 24.0 Å². The third-order valence-corrected chi connectivity index (χ3v) is 3.17. The molecule has 98 valence electrons. The number of hydrogen-bond donors (Lipinski definition) is 1. The second kappa shape index (κ2) is 4.69. The zero-order valence-corrected chi connectivity index (χ0v) is 11.6. The Balaban J connectivity index is 2.42. The summed E-state index contributed by atoms with van der Waals surface area (Å²) < 4.78 is 2.07. The number of hydrogen-bond acceptors (Lipinski definition) is 3. The molecule has 4 nitrogen and oxygen atoms in total. The van der Waals surface area contributed by atoms with Gasteiger partial charge in [-0.1, -0.05) is 20.8 Å². The van der Waals surface area contributed by atoms with Crippen LogP contribution in [-0.2, 0) is 7.05 Å². The molecule has 2 rings (SSSR count). The minimum Gasteiger partial charge on any atom is -0.330 e. The normalized spacial score (nSPS) is 14.1. The van der Waals surface area contributed by atoms with E-state index in [4.69, 9.17) is 5.73 Å². The van der Waals surface area contributed by atoms with Crippen molar-refractivity contribution in [2.24, 2.45) is 18.2 Å². The van der Waals surface area contributed by atoms with E-state index in [1.807, 2.05) is 19.2 Å². The summed E-state index contributed by atoms with van der Waals surface area (Å²) in [6.45, 7) is 7.32. The van der Waals surface area contributed by atoms with Crippen molar-refractivity contribution >= 4 is 11.2 Å². The number of pyridine rings is 1. The molecule has 2 heterocycles. The molecule has 0 bridgehead atoms. The van der Waals surface area contributed by atoms with Gasteiger partial charge in [0.1, 0.15) is 11.3 Å². The summed E-state index contributed by atoms with van der Waals surface area (Å²) in [5, 5.41) is 0. The highest BCUT2D eigenvalue weighted by Crippen LogP contribution is 2.30. The number of nitrogens with zero attached hydrogens (tertiary/aromatic N) is 3. The van der Waals surface area contributed by atoms with Gasteiger partial charge in [-0.2, -0.15) is 0 Å². The van der Waals surface area contributed by atoms with E-state index < -0.39 is 0 Å². The first-order valence-electron chi connectivity index (χ1n) is 6.40. The summed E-state index contributed by atoms with van der Waals surface area (Å²) in [6.07, 6.45) is 2.83. The van der Waals surface area contributed by atoms with Gasteiger partial charge >= 0.3 is 0 Å². The molecule has 0 spiro atoms. The summed E-state index contributed by atoms with van der Waals surface area (Å²) in [5.74, 6) is 1.32. The Hall–Kier alpha value is -1.42. The number of aryl methyl sites for hydroxylation is 1. The maximum absolute atomic E-state index is 5.93. The highest BCUT2D eigenvalue weighted by Gasteiger charge is 2.23. The Morgan fingerprint density at radius 3 is 2.67 bits per heavy atom. The summed E-state index contributed by atoms with van der Waals surface area (Å²) >= 11 is 0. The molecule has 18 heavy (non-hydrogen) atoms. The van der Waals surface area contributed by atoms with Crippen LogP contribution >= 0.6 is 0 Å². The van der Waals surface area contributed by atoms with Crippen molar-refractivity contribution in [2.75, 3.05) is 6.54 Å². The molecule has 0 saturated carbocycles. The summed E-state index contributed by atoms with van der Waals surface area (Å²) in [7, 11) is 2.02. The second-order valence-electron chi connectivity index (χ2n) is 6.07. The van der Waals surface area contributed by atoms with Gasteiger partial charge in [-0.3, -0.25) is 0 Å². The molecule has 0 amide bonds. The Bertz CT molecular complexity index is 536. The first-order chi connectivity index (χ1) is 8.42. The molecular formula is C14H22N4. The van der Waals surface area contributed by atoms with Crippen LogP contribution in [-0.4, -0.2) is 21.1 Å². The fraction of sp³-hybridized carbons (Fsp3) is 0.571. The smallest absolute Gasteiger partial charge is 0.159 e. The lowest BCUT2D eigenvalue weighted by Crippen LogP contribution is -2.22. The van der Waals surface area contributed by atoms with Crippen LogP contribution in [0.1, 0.15) is 38.9 Å². The molecule has 0 saturated heterocycles. The van der Waals surface area contributed by atoms with E-state index in [0.29, 0.717) is 6.54 Å². The molecule has 2 aromatic rings. The molecule has 0 aliphatic rings. The van der Waals surface area contributed by atoms with Gasteiger partial charge in [0.25, 0.3) is 0 Å². The lowest BCUT2D eigenvalue weighted by atomic mass is 9.84. The number of fused-ring (bicyclic) bond motifs is 1. The first kappa shape index (κ1) is 13.0. The summed E-state index contributed by atoms with van der Waals surface area (Å²) in [4.78, 5) is 9.06. The second-order valence-corrected chi connectivity index (χ2v) is 6.07. The van der Waals surface area contributed by atoms with Gasteiger partial charge < -0.3 is 10.3 Å². The monoisotopic (exact) mass is 246 g/mol. The zero-order chi connectivity index (χ0) is 13.3. The van der Waals surface area contributed by atoms with Gasteiger partial charge in [0.15, 0.2) is 5.65 Å². The molecular weight excluding hydrogens is 224 g/mol. The topological polar surface area (TPSA) is 56.7 Å². The van der Waals surface area contributed by atoms with Gasteiger partial charge in [-0.15, -0.1) is 0 Å². The number of rotatable bonds is 3. The van der Waals surface area contributed by atoms with E-state index in [1.165, 1.54) is 0 Å². The molecule has 1 atom stereocenters. The lowest BCUT2D eigenvalue weighted by molar-refractivity contribution is 0.333. The van der Waals surface area contributed by atoms with E-state index >= 15 is 0 Å². The number of imidazole rings is 1. The molecule has 1 unspecified atom stereocenters. The van der Waals surface area contributed by atoms with Gasteiger partial charge in [0.2, 0.25) is 0 Å². The van der Waals surface area contributed by atoms with Crippen molar-refractivity contribution < 1.29 is 0 Å². The zero-order valence-electron chi connectivity index (χ0n) is 11.6. The van der Waals surface area contributed by atoms with Crippen molar-refractivity contribution in [3.8, 4) is 0 Å². The van der Waals surface area contributed by atoms with E-state index in [2.05, 4.69) is 35.3 Å². The Kier molecular flexibility index (Phi) is 3.39. The standard InChI is InChI=1S/C14H22N4/c1-14(2,3)8-10(9-15)12-17-11-6-5-7-16-13(11)18(12)4/h5-7,10H,8-9,15H2,1-4H3. The highest BCUT2D eigenvalue weighted by molar-refractivity contribution is 5.71. The summed E-state index contributed by atoms with van der Waals surface area (Å²) in [5.41, 5.74) is 8.05. The maximum atomic E-state index is 5.93. The van der Waals surface area contributed by atoms with Gasteiger partial charge in [-0.25, -0.2) is 9.97 Å². The third-order valence-electron chi connectivity index (χ3n) is 3.17. The van der Waals surface area contributed by atoms with Crippen molar-refractivity contribution in [3.05, 3.63) is 24.2 Å². The van der Waals surface area contributed by atoms with Crippen LogP contribution < -0.4 is 5.73 Å². The van der Waals surface area contributed by atoms with E-state index in [-0.39, 0.29) is 11.3 Å². The van der Waals surface area contributed by atoms with Crippen LogP contribution in [0.15, 0.2) is 18.3 Å². The quantitative estimate of drug-likeness (QED) is 0.905. The average Bonchev–Trinajstić information content (AvgIpc) is 2.63. The molecule has 0 aliphatic heterocycles. The van der Waals surface area contributed by atoms with Crippen LogP contribution in [0.25, 0.3) is 11.2 Å². The first-order valence-corrected chi connectivity index (χ1v) is 6.40. The van der Waals surface area contributed by atoms with Crippen LogP contribution in [0.5, 0.6) is 0 Å². The largest absolute Gasteiger partial charge is 0.330 e. The van der Waals surface area contributed by atoms with Gasteiger partial charge in [0, 0.05) is 25.7 Å². The number of nitrogens with two attached hydrogens (primary N) is 1. The SMILES string of the molecule is Cn1c(C(CN)CC(C)(C)C)nc2cccnc21. The van der Waals surface area contributed by atoms with Crippen molar-refractivity contribution in [1.82, 2.24) is 14.5 Å². The summed E-state index contributed by atoms with van der Waals surface area (Å²) in [6, 6.07) is 3.91. The maximum Gasteiger partial charge on any atom is 0.159 e. The molecule has 0 aromatic carbocycles. The van der Waals surface area contributed by atoms with E-state index in [1.54, 1.807) is 6.20 Å². The Morgan fingerprint density at radius 2 is 2.11 bits per heavy atom. The molecule has 2 N–H and O–H groups in total. The van der Waals surface area contributed by atoms with Crippen molar-refractivity contribution in [3.63, 3.8) is 0 Å². The van der Waals surface area contributed by atoms with Crippen LogP contribution in [0, 0.1) is 5.41 Å². The van der Waals surface area contributed by atoms with E-state index in [9.17, 15) is 0 Å². The molecule has 2 aromatic heterocycles. The van der Waals surface area contributed by atoms with Crippen molar-refractivity contribution in [2.45, 2.75) is 33.1 Å². The van der Waals surface area contributed by atoms with Crippen LogP contribution in [0.2, 0.25) is 0 Å². The fourth-order valence-electron chi connectivity index (χ4n) is 2.43. The van der Waals surface area contributed by atoms with Crippen LogP contribution in [0.3, 0.4) is 0 Å². The predicted octanol–water partition coefficient (Wildman–Crippen LogP) is 2.45. The predicted molar refractivity (Wildman–Crippen MR) is 74.4 cm³/mol. The molecule has 4 heteroatoms. The minimum atomic E-state index is 0.246. The Labute approximate surface area is 108 Å². The third kappa shape index (κ3) is 2.53. The molecule has 0 radical (unpaired) electrons. The fourth-order valence-corrected chi connectivity index (χ4v) is 2.43. The van der Waals surface area contributed by atoms with E-state index in [0.717, 1.165) is 23.4 Å². The molecule has 0 fully saturated rings. The van der Waals surface area contributed by atoms with Crippen LogP contribution in [0.4, 0.5) is 0 Å².